The van der Waals surface area contributed by atoms with E-state index in [1.807, 2.05) is 0 Å². The topological polar surface area (TPSA) is 223 Å². The van der Waals surface area contributed by atoms with E-state index in [1.54, 1.807) is 19.6 Å². The van der Waals surface area contributed by atoms with Crippen LogP contribution < -0.4 is 0 Å². The number of esters is 8. The third-order valence-corrected chi connectivity index (χ3v) is 8.55. The summed E-state index contributed by atoms with van der Waals surface area (Å²) in [5.41, 5.74) is 0. The summed E-state index contributed by atoms with van der Waals surface area (Å²) < 4.78 is 41.1. The fourth-order valence-corrected chi connectivity index (χ4v) is 5.44. The van der Waals surface area contributed by atoms with E-state index in [2.05, 4.69) is 26.3 Å². The number of rotatable bonds is 20. The Morgan fingerprint density at radius 2 is 0.554 bits per heavy atom. The molecule has 312 valence electrons. The van der Waals surface area contributed by atoms with Crippen LogP contribution in [0.5, 0.6) is 0 Å². The summed E-state index contributed by atoms with van der Waals surface area (Å²) >= 11 is 0. The van der Waals surface area contributed by atoms with Gasteiger partial charge in [0.25, 0.3) is 0 Å². The Hall–Kier alpha value is -5.44. The van der Waals surface area contributed by atoms with Gasteiger partial charge in [-0.25, -0.2) is 19.2 Å². The highest BCUT2D eigenvalue weighted by molar-refractivity contribution is 5.84. The molecule has 1 aliphatic heterocycles. The van der Waals surface area contributed by atoms with Crippen LogP contribution in [-0.4, -0.2) is 199 Å². The van der Waals surface area contributed by atoms with Gasteiger partial charge in [0, 0.05) is 76.7 Å². The highest BCUT2D eigenvalue weighted by Crippen LogP contribution is 2.15. The molecule has 4 atom stereocenters. The molecule has 1 saturated heterocycles. The summed E-state index contributed by atoms with van der Waals surface area (Å²) in [6, 6.07) is -4.89. The maximum absolute atomic E-state index is 13.2. The zero-order valence-corrected chi connectivity index (χ0v) is 32.3. The smallest absolute Gasteiger partial charge is 0.330 e. The van der Waals surface area contributed by atoms with Gasteiger partial charge in [0.15, 0.2) is 0 Å². The first-order chi connectivity index (χ1) is 26.7. The minimum absolute atomic E-state index is 0.0478. The predicted octanol–water partition coefficient (Wildman–Crippen LogP) is -1.71. The van der Waals surface area contributed by atoms with Crippen LogP contribution in [0.4, 0.5) is 0 Å². The average Bonchev–Trinajstić information content (AvgIpc) is 3.21. The van der Waals surface area contributed by atoms with Crippen molar-refractivity contribution in [3.63, 3.8) is 0 Å². The fourth-order valence-electron chi connectivity index (χ4n) is 5.44. The van der Waals surface area contributed by atoms with Gasteiger partial charge in [-0.3, -0.25) is 38.8 Å². The molecule has 0 amide bonds. The van der Waals surface area contributed by atoms with E-state index < -0.39 is 98.3 Å². The van der Waals surface area contributed by atoms with Crippen LogP contribution in [0, 0.1) is 0 Å². The molecule has 20 heteroatoms. The molecule has 0 aliphatic carbocycles. The van der Waals surface area contributed by atoms with Gasteiger partial charge in [-0.2, -0.15) is 0 Å². The van der Waals surface area contributed by atoms with E-state index in [0.29, 0.717) is 0 Å². The second-order valence-electron chi connectivity index (χ2n) is 11.6. The van der Waals surface area contributed by atoms with Gasteiger partial charge in [0.1, 0.15) is 50.6 Å². The predicted molar refractivity (Wildman–Crippen MR) is 194 cm³/mol. The molecule has 1 rings (SSSR count). The summed E-state index contributed by atoms with van der Waals surface area (Å²) in [6.45, 7) is 11.2. The van der Waals surface area contributed by atoms with Crippen LogP contribution >= 0.6 is 0 Å². The Bertz CT molecular complexity index is 1200. The maximum atomic E-state index is 13.2. The van der Waals surface area contributed by atoms with Gasteiger partial charge in [-0.05, 0) is 0 Å². The first kappa shape index (κ1) is 48.6. The first-order valence-electron chi connectivity index (χ1n) is 17.2. The third kappa shape index (κ3) is 16.1. The molecule has 56 heavy (non-hydrogen) atoms. The Balaban J connectivity index is 3.95. The molecular weight excluding hydrogens is 744 g/mol. The number of hydrogen-bond donors (Lipinski definition) is 0. The van der Waals surface area contributed by atoms with Crippen LogP contribution in [0.2, 0.25) is 0 Å². The van der Waals surface area contributed by atoms with Gasteiger partial charge in [-0.15, -0.1) is 0 Å². The minimum Gasteiger partial charge on any atom is -0.468 e. The molecule has 20 nitrogen and oxygen atoms in total. The van der Waals surface area contributed by atoms with Gasteiger partial charge < -0.3 is 37.9 Å². The average molecular weight is 797 g/mol. The number of hydrogen-bond acceptors (Lipinski definition) is 20. The number of carbonyl (C=O) groups is 8. The number of carbonyl (C=O) groups excluding carboxylic acids is 8. The van der Waals surface area contributed by atoms with Crippen molar-refractivity contribution in [2.75, 3.05) is 107 Å². The molecule has 0 aromatic carbocycles. The molecule has 4 unspecified atom stereocenters. The maximum Gasteiger partial charge on any atom is 0.330 e. The molecule has 0 aromatic heterocycles. The summed E-state index contributed by atoms with van der Waals surface area (Å²) in [4.78, 5) is 107. The Labute approximate surface area is 325 Å². The van der Waals surface area contributed by atoms with Crippen molar-refractivity contribution in [1.29, 1.82) is 0 Å². The summed E-state index contributed by atoms with van der Waals surface area (Å²) in [5, 5.41) is 0. The number of methoxy groups -OCH3 is 4. The fraction of sp³-hybridized carbons (Fsp3) is 0.556. The van der Waals surface area contributed by atoms with Crippen LogP contribution in [-0.2, 0) is 76.3 Å². The van der Waals surface area contributed by atoms with E-state index >= 15 is 0 Å². The second-order valence-corrected chi connectivity index (χ2v) is 11.6. The van der Waals surface area contributed by atoms with Crippen molar-refractivity contribution in [2.45, 2.75) is 24.2 Å². The quantitative estimate of drug-likeness (QED) is 0.0760. The normalized spacial score (nSPS) is 16.9. The lowest BCUT2D eigenvalue weighted by atomic mass is 10.1. The minimum atomic E-state index is -1.22. The third-order valence-electron chi connectivity index (χ3n) is 8.55. The van der Waals surface area contributed by atoms with Gasteiger partial charge in [0.2, 0.25) is 0 Å². The van der Waals surface area contributed by atoms with Crippen molar-refractivity contribution in [3.05, 3.63) is 50.6 Å². The molecule has 0 N–H and O–H groups in total. The largest absolute Gasteiger partial charge is 0.468 e. The number of nitrogens with zero attached hydrogens (tertiary/aromatic N) is 4. The molecule has 0 bridgehead atoms. The molecule has 0 spiro atoms. The highest BCUT2D eigenvalue weighted by atomic mass is 16.6. The van der Waals surface area contributed by atoms with Crippen LogP contribution in [0.3, 0.4) is 0 Å². The lowest BCUT2D eigenvalue weighted by molar-refractivity contribution is -0.158. The lowest BCUT2D eigenvalue weighted by Gasteiger charge is -2.40. The van der Waals surface area contributed by atoms with E-state index in [-0.39, 0.29) is 52.4 Å². The van der Waals surface area contributed by atoms with Crippen LogP contribution in [0.25, 0.3) is 0 Å². The van der Waals surface area contributed by atoms with Gasteiger partial charge in [0.05, 0.1) is 28.4 Å². The molecule has 0 aromatic rings. The molecule has 0 saturated carbocycles. The Kier molecular flexibility index (Phi) is 22.9. The zero-order valence-electron chi connectivity index (χ0n) is 32.3. The molecular formula is C36H52N4O16. The molecule has 1 heterocycles. The first-order valence-corrected chi connectivity index (χ1v) is 17.2. The SMILES string of the molecule is C=CC(=O)OCC(C(=O)OC)N1CCN(C(COC(=O)C=C)C(=O)OC)CCN(C(COC(=O)C=C)C(=O)OC)CCN(C(COC(=O)C=C)C(=O)OC)CC1. The van der Waals surface area contributed by atoms with Crippen molar-refractivity contribution < 1.29 is 76.3 Å². The zero-order chi connectivity index (χ0) is 42.2. The molecule has 1 aliphatic rings. The Morgan fingerprint density at radius 1 is 0.393 bits per heavy atom. The summed E-state index contributed by atoms with van der Waals surface area (Å²) in [6.07, 6.45) is 3.65. The monoisotopic (exact) mass is 796 g/mol. The van der Waals surface area contributed by atoms with Crippen molar-refractivity contribution >= 4 is 47.8 Å². The van der Waals surface area contributed by atoms with Crippen LogP contribution in [0.1, 0.15) is 0 Å². The molecule has 1 fully saturated rings. The van der Waals surface area contributed by atoms with Crippen molar-refractivity contribution in [1.82, 2.24) is 19.6 Å². The standard InChI is InChI=1S/C36H52N4O16/c1-9-29(41)53-21-25(33(45)49-5)37-13-15-38(26(34(46)50-6)22-54-30(42)10-2)17-19-40(28(36(48)52-8)24-56-32(44)12-4)20-18-39(16-14-37)27(35(47)51-7)23-55-31(43)11-3/h9-12,25-28H,1-4,13-24H2,5-8H3. The van der Waals surface area contributed by atoms with Crippen molar-refractivity contribution in [3.8, 4) is 0 Å². The van der Waals surface area contributed by atoms with Gasteiger partial charge in [-0.1, -0.05) is 26.3 Å². The van der Waals surface area contributed by atoms with E-state index in [0.717, 1.165) is 52.7 Å². The number of ether oxygens (including phenoxy) is 8. The summed E-state index contributed by atoms with van der Waals surface area (Å²) in [7, 11) is 4.56. The van der Waals surface area contributed by atoms with Crippen molar-refractivity contribution in [2.24, 2.45) is 0 Å². The lowest BCUT2D eigenvalue weighted by Crippen LogP contribution is -2.58. The van der Waals surface area contributed by atoms with E-state index in [9.17, 15) is 38.4 Å². The second kappa shape index (κ2) is 26.4. The van der Waals surface area contributed by atoms with Crippen LogP contribution in [0.15, 0.2) is 50.6 Å². The molecule has 0 radical (unpaired) electrons. The van der Waals surface area contributed by atoms with Gasteiger partial charge >= 0.3 is 47.8 Å². The summed E-state index contributed by atoms with van der Waals surface area (Å²) in [5.74, 6) is -6.44. The van der Waals surface area contributed by atoms with E-state index in [4.69, 9.17) is 37.9 Å². The Morgan fingerprint density at radius 3 is 0.679 bits per heavy atom. The van der Waals surface area contributed by atoms with E-state index in [1.165, 1.54) is 0 Å². The highest BCUT2D eigenvalue weighted by Gasteiger charge is 2.37.